The quantitative estimate of drug-likeness (QED) is 0.682. The molecule has 1 aliphatic rings. The van der Waals surface area contributed by atoms with Crippen LogP contribution in [0.1, 0.15) is 50.0 Å². The van der Waals surface area contributed by atoms with Gasteiger partial charge in [0.25, 0.3) is 5.91 Å². The Balaban J connectivity index is 1.96. The first-order chi connectivity index (χ1) is 12.0. The van der Waals surface area contributed by atoms with Gasteiger partial charge in [0.2, 0.25) is 10.0 Å². The second-order valence-electron chi connectivity index (χ2n) is 6.39. The summed E-state index contributed by atoms with van der Waals surface area (Å²) in [5.41, 5.74) is 0.301. The van der Waals surface area contributed by atoms with Crippen LogP contribution in [-0.2, 0) is 10.0 Å². The van der Waals surface area contributed by atoms with Crippen LogP contribution in [0, 0.1) is 5.92 Å². The molecule has 0 aromatic carbocycles. The maximum atomic E-state index is 12.6. The maximum Gasteiger partial charge on any atom is 0.267 e. The summed E-state index contributed by atoms with van der Waals surface area (Å²) in [6.07, 6.45) is 5.85. The molecule has 6 nitrogen and oxygen atoms in total. The number of sulfonamides is 1. The third-order valence-electron chi connectivity index (χ3n) is 4.60. The van der Waals surface area contributed by atoms with Gasteiger partial charge in [0.15, 0.2) is 0 Å². The molecule has 2 N–H and O–H groups in total. The second-order valence-corrected chi connectivity index (χ2v) is 9.55. The van der Waals surface area contributed by atoms with Crippen molar-refractivity contribution in [3.05, 3.63) is 18.0 Å². The molecule has 1 aliphatic heterocycles. The number of nitrogens with zero attached hydrogens (tertiary/aromatic N) is 1. The first kappa shape index (κ1) is 20.3. The van der Waals surface area contributed by atoms with Gasteiger partial charge in [-0.1, -0.05) is 33.1 Å². The molecule has 2 heterocycles. The molecule has 0 bridgehead atoms. The van der Waals surface area contributed by atoms with E-state index in [-0.39, 0.29) is 10.8 Å². The van der Waals surface area contributed by atoms with Crippen LogP contribution < -0.4 is 5.32 Å². The molecule has 25 heavy (non-hydrogen) atoms. The lowest BCUT2D eigenvalue weighted by molar-refractivity contribution is 0.0941. The number of carbonyl (C=O) groups excluding carboxylic acids is 1. The molecule has 1 saturated heterocycles. The van der Waals surface area contributed by atoms with Crippen molar-refractivity contribution in [2.75, 3.05) is 31.1 Å². The van der Waals surface area contributed by atoms with E-state index in [1.54, 1.807) is 11.8 Å². The Morgan fingerprint density at radius 3 is 2.72 bits per heavy atom. The number of carbonyl (C=O) groups is 1. The van der Waals surface area contributed by atoms with Gasteiger partial charge in [0, 0.05) is 37.3 Å². The smallest absolute Gasteiger partial charge is 0.267 e. The highest BCUT2D eigenvalue weighted by Gasteiger charge is 2.27. The van der Waals surface area contributed by atoms with Crippen molar-refractivity contribution < 1.29 is 13.2 Å². The zero-order valence-electron chi connectivity index (χ0n) is 15.1. The lowest BCUT2D eigenvalue weighted by Crippen LogP contribution is -2.37. The van der Waals surface area contributed by atoms with Crippen LogP contribution in [0.2, 0.25) is 0 Å². The topological polar surface area (TPSA) is 82.3 Å². The van der Waals surface area contributed by atoms with Gasteiger partial charge in [-0.25, -0.2) is 8.42 Å². The number of unbranched alkanes of at least 4 members (excludes halogenated alkanes) is 1. The average Bonchev–Trinajstić information content (AvgIpc) is 3.13. The van der Waals surface area contributed by atoms with Gasteiger partial charge in [0.1, 0.15) is 10.6 Å². The van der Waals surface area contributed by atoms with E-state index in [2.05, 4.69) is 24.1 Å². The molecule has 0 aliphatic carbocycles. The Morgan fingerprint density at radius 2 is 2.08 bits per heavy atom. The summed E-state index contributed by atoms with van der Waals surface area (Å²) in [5.74, 6) is 1.85. The van der Waals surface area contributed by atoms with Gasteiger partial charge < -0.3 is 10.3 Å². The lowest BCUT2D eigenvalue weighted by Gasteiger charge is -2.24. The van der Waals surface area contributed by atoms with Crippen molar-refractivity contribution in [1.29, 1.82) is 0 Å². The SMILES string of the molecule is CCCCC(CC)CNC(=O)c1cc(S(=O)(=O)N2CCSCC2)c[nH]1. The van der Waals surface area contributed by atoms with Crippen LogP contribution in [0.4, 0.5) is 0 Å². The Morgan fingerprint density at radius 1 is 1.36 bits per heavy atom. The molecule has 1 aromatic heterocycles. The largest absolute Gasteiger partial charge is 0.356 e. The standard InChI is InChI=1S/C17H29N3O3S2/c1-3-5-6-14(4-2)12-19-17(21)16-11-15(13-18-16)25(22,23)20-7-9-24-10-8-20/h11,13-14,18H,3-10,12H2,1-2H3,(H,19,21). The van der Waals surface area contributed by atoms with E-state index >= 15 is 0 Å². The van der Waals surface area contributed by atoms with Crippen LogP contribution >= 0.6 is 11.8 Å². The summed E-state index contributed by atoms with van der Waals surface area (Å²) in [5, 5.41) is 2.92. The van der Waals surface area contributed by atoms with Crippen LogP contribution in [0.15, 0.2) is 17.2 Å². The molecule has 0 spiro atoms. The summed E-state index contributed by atoms with van der Waals surface area (Å²) in [6.45, 7) is 5.96. The zero-order valence-corrected chi connectivity index (χ0v) is 16.7. The van der Waals surface area contributed by atoms with Crippen molar-refractivity contribution in [3.63, 3.8) is 0 Å². The number of thioether (sulfide) groups is 1. The number of nitrogens with one attached hydrogen (secondary N) is 2. The summed E-state index contributed by atoms with van der Waals surface area (Å²) >= 11 is 1.76. The zero-order chi connectivity index (χ0) is 18.3. The second kappa shape index (κ2) is 9.64. The lowest BCUT2D eigenvalue weighted by atomic mass is 9.99. The number of aromatic nitrogens is 1. The highest BCUT2D eigenvalue weighted by molar-refractivity contribution is 7.99. The summed E-state index contributed by atoms with van der Waals surface area (Å²) in [6, 6.07) is 1.44. The van der Waals surface area contributed by atoms with E-state index in [9.17, 15) is 13.2 Å². The highest BCUT2D eigenvalue weighted by Crippen LogP contribution is 2.21. The van der Waals surface area contributed by atoms with Gasteiger partial charge in [-0.15, -0.1) is 0 Å². The number of hydrogen-bond donors (Lipinski definition) is 2. The minimum Gasteiger partial charge on any atom is -0.356 e. The molecular weight excluding hydrogens is 358 g/mol. The molecular formula is C17H29N3O3S2. The van der Waals surface area contributed by atoms with E-state index in [0.717, 1.165) is 37.2 Å². The Kier molecular flexibility index (Phi) is 7.83. The molecule has 1 amide bonds. The number of H-pyrrole nitrogens is 1. The van der Waals surface area contributed by atoms with Crippen molar-refractivity contribution in [2.45, 2.75) is 44.4 Å². The molecule has 1 fully saturated rings. The molecule has 1 unspecified atom stereocenters. The third kappa shape index (κ3) is 5.49. The first-order valence-electron chi connectivity index (χ1n) is 9.03. The first-order valence-corrected chi connectivity index (χ1v) is 11.6. The monoisotopic (exact) mass is 387 g/mol. The fourth-order valence-corrected chi connectivity index (χ4v) is 5.44. The maximum absolute atomic E-state index is 12.6. The predicted octanol–water partition coefficient (Wildman–Crippen LogP) is 2.70. The average molecular weight is 388 g/mol. The molecule has 0 saturated carbocycles. The summed E-state index contributed by atoms with van der Waals surface area (Å²) in [4.78, 5) is 15.3. The van der Waals surface area contributed by atoms with Crippen LogP contribution in [0.25, 0.3) is 0 Å². The van der Waals surface area contributed by atoms with E-state index in [0.29, 0.717) is 31.2 Å². The van der Waals surface area contributed by atoms with Gasteiger partial charge >= 0.3 is 0 Å². The van der Waals surface area contributed by atoms with Crippen molar-refractivity contribution >= 4 is 27.7 Å². The minimum absolute atomic E-state index is 0.169. The van der Waals surface area contributed by atoms with Crippen LogP contribution in [0.3, 0.4) is 0 Å². The van der Waals surface area contributed by atoms with Crippen molar-refractivity contribution in [2.24, 2.45) is 5.92 Å². The van der Waals surface area contributed by atoms with E-state index in [1.807, 2.05) is 0 Å². The summed E-state index contributed by atoms with van der Waals surface area (Å²) in [7, 11) is -3.51. The number of amides is 1. The van der Waals surface area contributed by atoms with Crippen LogP contribution in [-0.4, -0.2) is 54.8 Å². The molecule has 0 radical (unpaired) electrons. The number of aromatic amines is 1. The van der Waals surface area contributed by atoms with E-state index in [1.165, 1.54) is 16.6 Å². The molecule has 1 atom stereocenters. The Hall–Kier alpha value is -0.990. The minimum atomic E-state index is -3.51. The fourth-order valence-electron chi connectivity index (χ4n) is 2.87. The van der Waals surface area contributed by atoms with Crippen molar-refractivity contribution in [3.8, 4) is 0 Å². The van der Waals surface area contributed by atoms with Crippen LogP contribution in [0.5, 0.6) is 0 Å². The van der Waals surface area contributed by atoms with E-state index < -0.39 is 10.0 Å². The number of hydrogen-bond acceptors (Lipinski definition) is 4. The van der Waals surface area contributed by atoms with Gasteiger partial charge in [-0.3, -0.25) is 4.79 Å². The molecule has 142 valence electrons. The van der Waals surface area contributed by atoms with Gasteiger partial charge in [-0.05, 0) is 18.4 Å². The van der Waals surface area contributed by atoms with Gasteiger partial charge in [-0.2, -0.15) is 16.1 Å². The fraction of sp³-hybridized carbons (Fsp3) is 0.706. The molecule has 8 heteroatoms. The van der Waals surface area contributed by atoms with Crippen molar-refractivity contribution in [1.82, 2.24) is 14.6 Å². The Labute approximate surface area is 155 Å². The molecule has 1 aromatic rings. The third-order valence-corrected chi connectivity index (χ3v) is 7.42. The molecule has 2 rings (SSSR count). The van der Waals surface area contributed by atoms with Gasteiger partial charge in [0.05, 0.1) is 0 Å². The predicted molar refractivity (Wildman–Crippen MR) is 103 cm³/mol. The van der Waals surface area contributed by atoms with E-state index in [4.69, 9.17) is 0 Å². The Bertz CT molecular complexity index is 652. The summed E-state index contributed by atoms with van der Waals surface area (Å²) < 4.78 is 26.7. The normalized spacial score (nSPS) is 17.4. The number of rotatable bonds is 9. The highest BCUT2D eigenvalue weighted by atomic mass is 32.2.